The molecule has 0 bridgehead atoms. The Bertz CT molecular complexity index is 784. The molecule has 0 unspecified atom stereocenters. The molecule has 0 N–H and O–H groups in total. The molecule has 0 aliphatic rings. The first kappa shape index (κ1) is 17.1. The number of thiazole rings is 1. The number of methoxy groups -OCH3 is 1. The van der Waals surface area contributed by atoms with Gasteiger partial charge < -0.3 is 9.47 Å². The number of aryl methyl sites for hydroxylation is 1. The largest absolute Gasteiger partial charge is 0.493 e. The van der Waals surface area contributed by atoms with Gasteiger partial charge >= 0.3 is 0 Å². The average Bonchev–Trinajstić information content (AvgIpc) is 2.80. The van der Waals surface area contributed by atoms with Gasteiger partial charge in [0.05, 0.1) is 18.9 Å². The first-order chi connectivity index (χ1) is 10.2. The van der Waals surface area contributed by atoms with Crippen molar-refractivity contribution in [3.05, 3.63) is 23.9 Å². The molecule has 1 aromatic carbocycles. The van der Waals surface area contributed by atoms with Crippen LogP contribution in [0.3, 0.4) is 0 Å². The summed E-state index contributed by atoms with van der Waals surface area (Å²) in [5.74, 6) is 1.19. The van der Waals surface area contributed by atoms with Crippen molar-refractivity contribution in [1.29, 1.82) is 0 Å². The van der Waals surface area contributed by atoms with E-state index in [1.807, 2.05) is 19.9 Å². The zero-order valence-electron chi connectivity index (χ0n) is 12.6. The molecule has 0 saturated heterocycles. The average molecular weight is 362 g/mol. The van der Waals surface area contributed by atoms with Crippen LogP contribution < -0.4 is 9.47 Å². The highest BCUT2D eigenvalue weighted by Gasteiger charge is 2.20. The molecule has 0 spiro atoms. The molecule has 1 heterocycles. The lowest BCUT2D eigenvalue weighted by Crippen LogP contribution is -2.06. The van der Waals surface area contributed by atoms with Crippen LogP contribution in [0.2, 0.25) is 0 Å². The van der Waals surface area contributed by atoms with Gasteiger partial charge in [-0.05, 0) is 39.0 Å². The molecule has 0 radical (unpaired) electrons. The number of benzene rings is 1. The minimum Gasteiger partial charge on any atom is -0.493 e. The molecule has 0 saturated carbocycles. The van der Waals surface area contributed by atoms with Crippen LogP contribution in [-0.2, 0) is 9.05 Å². The zero-order chi connectivity index (χ0) is 16.5. The Morgan fingerprint density at radius 2 is 1.95 bits per heavy atom. The number of rotatable bonds is 5. The van der Waals surface area contributed by atoms with Gasteiger partial charge in [-0.1, -0.05) is 0 Å². The lowest BCUT2D eigenvalue weighted by molar-refractivity contribution is 0.230. The summed E-state index contributed by atoms with van der Waals surface area (Å²) < 4.78 is 34.0. The van der Waals surface area contributed by atoms with E-state index in [-0.39, 0.29) is 10.3 Å². The molecule has 0 aliphatic heterocycles. The molecule has 22 heavy (non-hydrogen) atoms. The summed E-state index contributed by atoms with van der Waals surface area (Å²) in [6.45, 7) is 5.47. The SMILES string of the molecule is COc1cc(-c2nc(C)c(S(=O)(=O)Cl)s2)ccc1OC(C)C. The minimum absolute atomic E-state index is 0.0230. The summed E-state index contributed by atoms with van der Waals surface area (Å²) in [5, 5.41) is 0.561. The lowest BCUT2D eigenvalue weighted by Gasteiger charge is -2.14. The van der Waals surface area contributed by atoms with Crippen LogP contribution in [0.5, 0.6) is 11.5 Å². The van der Waals surface area contributed by atoms with Crippen molar-refractivity contribution < 1.29 is 17.9 Å². The predicted octanol–water partition coefficient (Wildman–Crippen LogP) is 3.84. The van der Waals surface area contributed by atoms with Gasteiger partial charge in [-0.2, -0.15) is 0 Å². The third-order valence-electron chi connectivity index (χ3n) is 2.75. The maximum atomic E-state index is 11.5. The molecule has 0 amide bonds. The second-order valence-electron chi connectivity index (χ2n) is 4.86. The summed E-state index contributed by atoms with van der Waals surface area (Å²) in [6, 6.07) is 5.35. The fourth-order valence-electron chi connectivity index (χ4n) is 1.88. The van der Waals surface area contributed by atoms with Gasteiger partial charge in [0.2, 0.25) is 0 Å². The van der Waals surface area contributed by atoms with Gasteiger partial charge in [0.25, 0.3) is 9.05 Å². The molecular weight excluding hydrogens is 346 g/mol. The smallest absolute Gasteiger partial charge is 0.272 e. The van der Waals surface area contributed by atoms with E-state index in [4.69, 9.17) is 20.2 Å². The van der Waals surface area contributed by atoms with Gasteiger partial charge in [-0.3, -0.25) is 0 Å². The third kappa shape index (κ3) is 3.71. The molecule has 2 aromatic rings. The second kappa shape index (κ2) is 6.44. The summed E-state index contributed by atoms with van der Waals surface area (Å²) in [7, 11) is 3.17. The molecule has 5 nitrogen and oxygen atoms in total. The first-order valence-electron chi connectivity index (χ1n) is 6.49. The Morgan fingerprint density at radius 1 is 1.27 bits per heavy atom. The van der Waals surface area contributed by atoms with Crippen LogP contribution in [0, 0.1) is 6.92 Å². The molecule has 1 aromatic heterocycles. The van der Waals surface area contributed by atoms with Gasteiger partial charge in [-0.25, -0.2) is 13.4 Å². The number of ether oxygens (including phenoxy) is 2. The minimum atomic E-state index is -3.79. The standard InChI is InChI=1S/C14H16ClNO4S2/c1-8(2)20-11-6-5-10(7-12(11)19-4)13-16-9(3)14(21-13)22(15,17)18/h5-8H,1-4H3. The number of aromatic nitrogens is 1. The highest BCUT2D eigenvalue weighted by molar-refractivity contribution is 8.15. The molecular formula is C14H16ClNO4S2. The van der Waals surface area contributed by atoms with Crippen LogP contribution in [-0.4, -0.2) is 26.6 Å². The first-order valence-corrected chi connectivity index (χ1v) is 9.62. The van der Waals surface area contributed by atoms with Crippen LogP contribution in [0.15, 0.2) is 22.4 Å². The summed E-state index contributed by atoms with van der Waals surface area (Å²) in [5.41, 5.74) is 1.13. The molecule has 2 rings (SSSR count). The molecule has 0 atom stereocenters. The Balaban J connectivity index is 2.46. The highest BCUT2D eigenvalue weighted by Crippen LogP contribution is 2.37. The normalized spacial score (nSPS) is 11.7. The van der Waals surface area contributed by atoms with Crippen molar-refractivity contribution in [3.8, 4) is 22.1 Å². The Hall–Kier alpha value is -1.31. The van der Waals surface area contributed by atoms with Crippen molar-refractivity contribution in [2.75, 3.05) is 7.11 Å². The fourth-order valence-corrected chi connectivity index (χ4v) is 4.33. The second-order valence-corrected chi connectivity index (χ2v) is 8.62. The summed E-state index contributed by atoms with van der Waals surface area (Å²) >= 11 is 1.03. The topological polar surface area (TPSA) is 65.5 Å². The third-order valence-corrected chi connectivity index (χ3v) is 6.13. The van der Waals surface area contributed by atoms with E-state index >= 15 is 0 Å². The molecule has 8 heteroatoms. The zero-order valence-corrected chi connectivity index (χ0v) is 15.0. The van der Waals surface area contributed by atoms with Gasteiger partial charge in [0, 0.05) is 16.2 Å². The van der Waals surface area contributed by atoms with Crippen LogP contribution >= 0.6 is 22.0 Å². The number of hydrogen-bond acceptors (Lipinski definition) is 6. The van der Waals surface area contributed by atoms with E-state index in [0.29, 0.717) is 22.2 Å². The van der Waals surface area contributed by atoms with E-state index in [1.54, 1.807) is 26.2 Å². The van der Waals surface area contributed by atoms with Crippen LogP contribution in [0.1, 0.15) is 19.5 Å². The van der Waals surface area contributed by atoms with Crippen molar-refractivity contribution in [2.24, 2.45) is 0 Å². The fraction of sp³-hybridized carbons (Fsp3) is 0.357. The van der Waals surface area contributed by atoms with E-state index < -0.39 is 9.05 Å². The summed E-state index contributed by atoms with van der Waals surface area (Å²) in [6.07, 6.45) is 0.0230. The van der Waals surface area contributed by atoms with Crippen molar-refractivity contribution in [1.82, 2.24) is 4.98 Å². The van der Waals surface area contributed by atoms with Crippen molar-refractivity contribution >= 4 is 31.1 Å². The van der Waals surface area contributed by atoms with E-state index in [9.17, 15) is 8.42 Å². The molecule has 0 aliphatic carbocycles. The molecule has 120 valence electrons. The van der Waals surface area contributed by atoms with Crippen LogP contribution in [0.25, 0.3) is 10.6 Å². The Kier molecular flexibility index (Phi) is 4.99. The molecule has 0 fully saturated rings. The maximum Gasteiger partial charge on any atom is 0.272 e. The quantitative estimate of drug-likeness (QED) is 0.757. The van der Waals surface area contributed by atoms with Gasteiger partial charge in [0.15, 0.2) is 15.7 Å². The number of hydrogen-bond donors (Lipinski definition) is 0. The van der Waals surface area contributed by atoms with Crippen molar-refractivity contribution in [3.63, 3.8) is 0 Å². The van der Waals surface area contributed by atoms with Crippen molar-refractivity contribution in [2.45, 2.75) is 31.1 Å². The Morgan fingerprint density at radius 3 is 2.45 bits per heavy atom. The monoisotopic (exact) mass is 361 g/mol. The Labute approximate surface area is 138 Å². The van der Waals surface area contributed by atoms with Gasteiger partial charge in [-0.15, -0.1) is 11.3 Å². The van der Waals surface area contributed by atoms with Gasteiger partial charge in [0.1, 0.15) is 5.01 Å². The van der Waals surface area contributed by atoms with E-state index in [2.05, 4.69) is 4.98 Å². The van der Waals surface area contributed by atoms with Crippen LogP contribution in [0.4, 0.5) is 0 Å². The van der Waals surface area contributed by atoms with E-state index in [0.717, 1.165) is 16.9 Å². The number of nitrogens with zero attached hydrogens (tertiary/aromatic N) is 1. The lowest BCUT2D eigenvalue weighted by atomic mass is 10.2. The predicted molar refractivity (Wildman–Crippen MR) is 87.6 cm³/mol. The maximum absolute atomic E-state index is 11.5. The van der Waals surface area contributed by atoms with E-state index in [1.165, 1.54) is 0 Å². The summed E-state index contributed by atoms with van der Waals surface area (Å²) in [4.78, 5) is 4.27. The highest BCUT2D eigenvalue weighted by atomic mass is 35.7. The number of halogens is 1.